The Morgan fingerprint density at radius 3 is 2.50 bits per heavy atom. The van der Waals surface area contributed by atoms with E-state index >= 15 is 0 Å². The number of rotatable bonds is 4. The largest absolute Gasteiger partial charge is 0.353 e. The zero-order valence-electron chi connectivity index (χ0n) is 11.2. The summed E-state index contributed by atoms with van der Waals surface area (Å²) in [6.07, 6.45) is 7.00. The summed E-state index contributed by atoms with van der Waals surface area (Å²) < 4.78 is 0. The minimum atomic E-state index is 0.00752. The Bertz CT molecular complexity index is 368. The van der Waals surface area contributed by atoms with Gasteiger partial charge < -0.3 is 5.32 Å². The van der Waals surface area contributed by atoms with Gasteiger partial charge in [0.15, 0.2) is 0 Å². The molecule has 2 rings (SSSR count). The minimum absolute atomic E-state index is 0.00752. The zero-order valence-corrected chi connectivity index (χ0v) is 11.2. The third-order valence-electron chi connectivity index (χ3n) is 3.88. The van der Waals surface area contributed by atoms with Crippen molar-refractivity contribution in [1.29, 1.82) is 0 Å². The van der Waals surface area contributed by atoms with Gasteiger partial charge in [0.2, 0.25) is 5.91 Å². The number of carbonyl (C=O) groups is 1. The van der Waals surface area contributed by atoms with E-state index in [2.05, 4.69) is 24.4 Å². The molecule has 1 unspecified atom stereocenters. The molecule has 0 spiro atoms. The van der Waals surface area contributed by atoms with Crippen LogP contribution in [-0.2, 0) is 4.79 Å². The predicted molar refractivity (Wildman–Crippen MR) is 74.5 cm³/mol. The molecule has 98 valence electrons. The second-order valence-corrected chi connectivity index (χ2v) is 5.22. The van der Waals surface area contributed by atoms with Crippen LogP contribution in [0.4, 0.5) is 0 Å². The summed E-state index contributed by atoms with van der Waals surface area (Å²) in [6, 6.07) is 10.5. The van der Waals surface area contributed by atoms with E-state index in [-0.39, 0.29) is 11.8 Å². The van der Waals surface area contributed by atoms with Crippen LogP contribution in [0.25, 0.3) is 0 Å². The molecular weight excluding hydrogens is 222 g/mol. The van der Waals surface area contributed by atoms with Crippen molar-refractivity contribution < 1.29 is 4.79 Å². The average molecular weight is 245 g/mol. The van der Waals surface area contributed by atoms with Gasteiger partial charge in [0.1, 0.15) is 0 Å². The second-order valence-electron chi connectivity index (χ2n) is 5.22. The van der Waals surface area contributed by atoms with E-state index in [1.54, 1.807) is 0 Å². The number of hydrogen-bond donors (Lipinski definition) is 1. The van der Waals surface area contributed by atoms with Gasteiger partial charge in [-0.15, -0.1) is 0 Å². The topological polar surface area (TPSA) is 29.1 Å². The van der Waals surface area contributed by atoms with E-state index in [1.807, 2.05) is 18.2 Å². The summed E-state index contributed by atoms with van der Waals surface area (Å²) in [5.74, 6) is 0.212. The van der Waals surface area contributed by atoms with Crippen LogP contribution in [0.15, 0.2) is 30.3 Å². The lowest BCUT2D eigenvalue weighted by Crippen LogP contribution is -2.39. The SMILES string of the molecule is CCC(C(=O)NC1CCCCC1)c1ccccc1. The van der Waals surface area contributed by atoms with Gasteiger partial charge in [-0.1, -0.05) is 56.5 Å². The summed E-state index contributed by atoms with van der Waals surface area (Å²) >= 11 is 0. The van der Waals surface area contributed by atoms with E-state index in [0.717, 1.165) is 24.8 Å². The molecule has 18 heavy (non-hydrogen) atoms. The quantitative estimate of drug-likeness (QED) is 0.862. The third-order valence-corrected chi connectivity index (χ3v) is 3.88. The molecular formula is C16H23NO. The first kappa shape index (κ1) is 13.1. The maximum absolute atomic E-state index is 12.3. The van der Waals surface area contributed by atoms with Gasteiger partial charge in [-0.05, 0) is 24.8 Å². The fourth-order valence-corrected chi connectivity index (χ4v) is 2.81. The molecule has 0 bridgehead atoms. The highest BCUT2D eigenvalue weighted by molar-refractivity contribution is 5.83. The van der Waals surface area contributed by atoms with E-state index in [4.69, 9.17) is 0 Å². The Hall–Kier alpha value is -1.31. The Morgan fingerprint density at radius 2 is 1.89 bits per heavy atom. The molecule has 0 aromatic heterocycles. The van der Waals surface area contributed by atoms with Gasteiger partial charge in [-0.25, -0.2) is 0 Å². The van der Waals surface area contributed by atoms with Gasteiger partial charge in [0.05, 0.1) is 5.92 Å². The number of hydrogen-bond acceptors (Lipinski definition) is 1. The lowest BCUT2D eigenvalue weighted by Gasteiger charge is -2.25. The lowest BCUT2D eigenvalue weighted by molar-refractivity contribution is -0.123. The van der Waals surface area contributed by atoms with E-state index in [0.29, 0.717) is 6.04 Å². The summed E-state index contributed by atoms with van der Waals surface area (Å²) in [4.78, 5) is 12.3. The molecule has 1 saturated carbocycles. The standard InChI is InChI=1S/C16H23NO/c1-2-15(13-9-5-3-6-10-13)16(18)17-14-11-7-4-8-12-14/h3,5-6,9-10,14-15H,2,4,7-8,11-12H2,1H3,(H,17,18). The van der Waals surface area contributed by atoms with E-state index in [1.165, 1.54) is 19.3 Å². The minimum Gasteiger partial charge on any atom is -0.353 e. The molecule has 1 aliphatic rings. The summed E-state index contributed by atoms with van der Waals surface area (Å²) in [6.45, 7) is 2.08. The molecule has 2 heteroatoms. The smallest absolute Gasteiger partial charge is 0.227 e. The molecule has 1 amide bonds. The maximum atomic E-state index is 12.3. The third kappa shape index (κ3) is 3.34. The molecule has 2 nitrogen and oxygen atoms in total. The van der Waals surface area contributed by atoms with Crippen LogP contribution >= 0.6 is 0 Å². The molecule has 1 aromatic rings. The zero-order chi connectivity index (χ0) is 12.8. The first-order valence-electron chi connectivity index (χ1n) is 7.16. The predicted octanol–water partition coefficient (Wildman–Crippen LogP) is 3.63. The van der Waals surface area contributed by atoms with Crippen LogP contribution in [0.5, 0.6) is 0 Å². The Morgan fingerprint density at radius 1 is 1.22 bits per heavy atom. The Labute approximate surface area is 110 Å². The molecule has 0 aliphatic heterocycles. The number of benzene rings is 1. The molecule has 1 aliphatic carbocycles. The van der Waals surface area contributed by atoms with Crippen LogP contribution < -0.4 is 5.32 Å². The normalized spacial score (nSPS) is 18.3. The molecule has 0 radical (unpaired) electrons. The highest BCUT2D eigenvalue weighted by Gasteiger charge is 2.22. The Kier molecular flexibility index (Phi) is 4.80. The molecule has 0 heterocycles. The van der Waals surface area contributed by atoms with Gasteiger partial charge in [-0.3, -0.25) is 4.79 Å². The molecule has 1 fully saturated rings. The first-order chi connectivity index (χ1) is 8.81. The van der Waals surface area contributed by atoms with Crippen LogP contribution in [0.3, 0.4) is 0 Å². The van der Waals surface area contributed by atoms with Crippen molar-refractivity contribution in [2.45, 2.75) is 57.4 Å². The van der Waals surface area contributed by atoms with Crippen molar-refractivity contribution >= 4 is 5.91 Å². The molecule has 1 N–H and O–H groups in total. The van der Waals surface area contributed by atoms with Crippen LogP contribution in [0.2, 0.25) is 0 Å². The van der Waals surface area contributed by atoms with Crippen molar-refractivity contribution in [1.82, 2.24) is 5.32 Å². The van der Waals surface area contributed by atoms with Gasteiger partial charge in [-0.2, -0.15) is 0 Å². The lowest BCUT2D eigenvalue weighted by atomic mass is 9.92. The summed E-state index contributed by atoms with van der Waals surface area (Å²) in [5, 5.41) is 3.23. The summed E-state index contributed by atoms with van der Waals surface area (Å²) in [7, 11) is 0. The molecule has 1 aromatic carbocycles. The van der Waals surface area contributed by atoms with Crippen LogP contribution in [-0.4, -0.2) is 11.9 Å². The number of nitrogens with one attached hydrogen (secondary N) is 1. The second kappa shape index (κ2) is 6.58. The maximum Gasteiger partial charge on any atom is 0.227 e. The first-order valence-corrected chi connectivity index (χ1v) is 7.16. The fourth-order valence-electron chi connectivity index (χ4n) is 2.81. The van der Waals surface area contributed by atoms with Gasteiger partial charge in [0, 0.05) is 6.04 Å². The van der Waals surface area contributed by atoms with Gasteiger partial charge in [0.25, 0.3) is 0 Å². The van der Waals surface area contributed by atoms with Crippen LogP contribution in [0.1, 0.15) is 56.9 Å². The van der Waals surface area contributed by atoms with E-state index in [9.17, 15) is 4.79 Å². The number of amides is 1. The summed E-state index contributed by atoms with van der Waals surface area (Å²) in [5.41, 5.74) is 1.13. The highest BCUT2D eigenvalue weighted by atomic mass is 16.1. The fraction of sp³-hybridized carbons (Fsp3) is 0.562. The van der Waals surface area contributed by atoms with Crippen molar-refractivity contribution in [2.75, 3.05) is 0 Å². The van der Waals surface area contributed by atoms with Gasteiger partial charge >= 0.3 is 0 Å². The van der Waals surface area contributed by atoms with Crippen molar-refractivity contribution in [3.05, 3.63) is 35.9 Å². The molecule has 1 atom stereocenters. The van der Waals surface area contributed by atoms with Crippen molar-refractivity contribution in [3.63, 3.8) is 0 Å². The average Bonchev–Trinajstić information content (AvgIpc) is 2.42. The Balaban J connectivity index is 1.97. The monoisotopic (exact) mass is 245 g/mol. The van der Waals surface area contributed by atoms with E-state index < -0.39 is 0 Å². The highest BCUT2D eigenvalue weighted by Crippen LogP contribution is 2.22. The van der Waals surface area contributed by atoms with Crippen LogP contribution in [0, 0.1) is 0 Å². The number of carbonyl (C=O) groups excluding carboxylic acids is 1. The molecule has 0 saturated heterocycles. The van der Waals surface area contributed by atoms with Crippen molar-refractivity contribution in [3.8, 4) is 0 Å². The van der Waals surface area contributed by atoms with Crippen molar-refractivity contribution in [2.24, 2.45) is 0 Å².